The minimum atomic E-state index is -1.37. The molecule has 33 heavy (non-hydrogen) atoms. The van der Waals surface area contributed by atoms with Gasteiger partial charge in [-0.25, -0.2) is 9.69 Å². The van der Waals surface area contributed by atoms with E-state index in [2.05, 4.69) is 5.32 Å². The van der Waals surface area contributed by atoms with Crippen LogP contribution in [-0.4, -0.2) is 46.2 Å². The normalized spacial score (nSPS) is 24.0. The summed E-state index contributed by atoms with van der Waals surface area (Å²) in [6, 6.07) is 10.8. The van der Waals surface area contributed by atoms with Gasteiger partial charge in [-0.3, -0.25) is 24.5 Å². The molecule has 0 aliphatic carbocycles. The highest BCUT2D eigenvalue weighted by Crippen LogP contribution is 2.50. The van der Waals surface area contributed by atoms with E-state index in [1.165, 1.54) is 23.1 Å². The summed E-state index contributed by atoms with van der Waals surface area (Å²) in [6.07, 6.45) is 0. The summed E-state index contributed by atoms with van der Waals surface area (Å²) < 4.78 is 0. The first-order valence-corrected chi connectivity index (χ1v) is 10.3. The van der Waals surface area contributed by atoms with Gasteiger partial charge in [-0.15, -0.1) is 0 Å². The molecule has 5 amide bonds. The van der Waals surface area contributed by atoms with Crippen LogP contribution >= 0.6 is 0 Å². The first-order chi connectivity index (χ1) is 15.8. The summed E-state index contributed by atoms with van der Waals surface area (Å²) >= 11 is 0. The van der Waals surface area contributed by atoms with Crippen LogP contribution in [0.2, 0.25) is 0 Å². The summed E-state index contributed by atoms with van der Waals surface area (Å²) in [6.45, 7) is 1.96. The lowest BCUT2D eigenvalue weighted by Crippen LogP contribution is -2.53. The largest absolute Gasteiger partial charge is 0.368 e. The van der Waals surface area contributed by atoms with Gasteiger partial charge in [0, 0.05) is 18.7 Å². The molecule has 11 heteroatoms. The van der Waals surface area contributed by atoms with E-state index in [9.17, 15) is 29.3 Å². The van der Waals surface area contributed by atoms with Crippen LogP contribution in [0.25, 0.3) is 0 Å². The molecule has 4 unspecified atom stereocenters. The number of hydrogen-bond acceptors (Lipinski definition) is 6. The van der Waals surface area contributed by atoms with Crippen LogP contribution < -0.4 is 16.0 Å². The zero-order chi connectivity index (χ0) is 23.9. The van der Waals surface area contributed by atoms with Crippen LogP contribution in [0.3, 0.4) is 0 Å². The summed E-state index contributed by atoms with van der Waals surface area (Å²) in [5, 5.41) is 13.8. The molecule has 4 rings (SSSR count). The Hall–Kier alpha value is -4.28. The van der Waals surface area contributed by atoms with Gasteiger partial charge >= 0.3 is 6.03 Å². The minimum Gasteiger partial charge on any atom is -0.368 e. The summed E-state index contributed by atoms with van der Waals surface area (Å²) in [7, 11) is 0. The maximum absolute atomic E-state index is 13.6. The number of non-ortho nitro benzene ring substituents is 1. The number of nitro benzene ring substituents is 1. The molecule has 11 nitrogen and oxygen atoms in total. The number of nitrogens with two attached hydrogens (primary N) is 1. The Bertz CT molecular complexity index is 1150. The molecule has 2 heterocycles. The fourth-order valence-corrected chi connectivity index (χ4v) is 4.72. The molecule has 0 saturated carbocycles. The number of urea groups is 1. The Morgan fingerprint density at radius 1 is 1.06 bits per heavy atom. The third-order valence-electron chi connectivity index (χ3n) is 5.97. The van der Waals surface area contributed by atoms with Crippen LogP contribution in [0.15, 0.2) is 54.6 Å². The van der Waals surface area contributed by atoms with Gasteiger partial charge in [-0.2, -0.15) is 0 Å². The summed E-state index contributed by atoms with van der Waals surface area (Å²) in [5.41, 5.74) is 5.93. The maximum atomic E-state index is 13.6. The van der Waals surface area contributed by atoms with E-state index in [1.807, 2.05) is 0 Å². The molecular formula is C22H21N5O6. The highest BCUT2D eigenvalue weighted by Gasteiger charge is 2.65. The van der Waals surface area contributed by atoms with Crippen molar-refractivity contribution in [1.29, 1.82) is 0 Å². The summed E-state index contributed by atoms with van der Waals surface area (Å²) in [4.78, 5) is 65.1. The number of hydrogen-bond donors (Lipinski definition) is 2. The Morgan fingerprint density at radius 3 is 2.33 bits per heavy atom. The predicted octanol–water partition coefficient (Wildman–Crippen LogP) is 1.34. The Labute approximate surface area is 188 Å². The first-order valence-electron chi connectivity index (χ1n) is 10.3. The molecule has 0 spiro atoms. The maximum Gasteiger partial charge on any atom is 0.318 e. The van der Waals surface area contributed by atoms with Crippen molar-refractivity contribution in [2.24, 2.45) is 17.6 Å². The Morgan fingerprint density at radius 2 is 1.73 bits per heavy atom. The van der Waals surface area contributed by atoms with Crippen molar-refractivity contribution in [3.63, 3.8) is 0 Å². The lowest BCUT2D eigenvalue weighted by Gasteiger charge is -2.32. The molecule has 0 radical (unpaired) electrons. The molecule has 0 aromatic heterocycles. The number of nitro groups is 1. The lowest BCUT2D eigenvalue weighted by atomic mass is 9.86. The van der Waals surface area contributed by atoms with E-state index in [-0.39, 0.29) is 17.9 Å². The van der Waals surface area contributed by atoms with E-state index in [0.29, 0.717) is 5.56 Å². The average Bonchev–Trinajstić information content (AvgIpc) is 3.28. The van der Waals surface area contributed by atoms with E-state index in [4.69, 9.17) is 5.73 Å². The number of nitrogens with one attached hydrogen (secondary N) is 1. The second-order valence-corrected chi connectivity index (χ2v) is 7.79. The van der Waals surface area contributed by atoms with Crippen LogP contribution in [0.1, 0.15) is 18.5 Å². The van der Waals surface area contributed by atoms with Gasteiger partial charge in [-0.05, 0) is 18.6 Å². The quantitative estimate of drug-likeness (QED) is 0.397. The molecule has 170 valence electrons. The summed E-state index contributed by atoms with van der Waals surface area (Å²) in [5.74, 6) is -4.61. The van der Waals surface area contributed by atoms with Crippen molar-refractivity contribution in [2.75, 3.05) is 11.4 Å². The number of carbonyl (C=O) groups excluding carboxylic acids is 4. The smallest absolute Gasteiger partial charge is 0.318 e. The van der Waals surface area contributed by atoms with Gasteiger partial charge in [0.1, 0.15) is 6.04 Å². The zero-order valence-corrected chi connectivity index (χ0v) is 17.6. The molecule has 2 aromatic carbocycles. The standard InChI is InChI=1S/C22H21N5O6/c1-2-24-22(31)26-17(12-7-4-3-5-8-12)15-16(18(26)19(23)28)21(30)25(20(15)29)13-9-6-10-14(11-13)27(32)33/h3-11,15-18H,2H2,1H3,(H2,23,28)(H,24,31). The Balaban J connectivity index is 1.85. The molecule has 4 atom stereocenters. The van der Waals surface area contributed by atoms with Crippen molar-refractivity contribution >= 4 is 35.1 Å². The number of primary amides is 1. The number of nitrogens with zero attached hydrogens (tertiary/aromatic N) is 3. The highest BCUT2D eigenvalue weighted by molar-refractivity contribution is 6.24. The lowest BCUT2D eigenvalue weighted by molar-refractivity contribution is -0.384. The number of carbonyl (C=O) groups is 4. The molecule has 2 saturated heterocycles. The van der Waals surface area contributed by atoms with Gasteiger partial charge in [0.15, 0.2) is 0 Å². The Kier molecular flexibility index (Phi) is 5.54. The fourth-order valence-electron chi connectivity index (χ4n) is 4.72. The first kappa shape index (κ1) is 21.9. The van der Waals surface area contributed by atoms with Gasteiger partial charge in [0.25, 0.3) is 5.69 Å². The van der Waals surface area contributed by atoms with E-state index >= 15 is 0 Å². The van der Waals surface area contributed by atoms with Crippen molar-refractivity contribution in [1.82, 2.24) is 10.2 Å². The third-order valence-corrected chi connectivity index (χ3v) is 5.97. The SMILES string of the molecule is CCNC(=O)N1C(C(N)=O)C2C(=O)N(c3cccc([N+](=O)[O-])c3)C(=O)C2C1c1ccccc1. The van der Waals surface area contributed by atoms with E-state index in [0.717, 1.165) is 11.0 Å². The monoisotopic (exact) mass is 451 g/mol. The van der Waals surface area contributed by atoms with Crippen molar-refractivity contribution < 1.29 is 24.1 Å². The zero-order valence-electron chi connectivity index (χ0n) is 17.6. The van der Waals surface area contributed by atoms with Crippen LogP contribution in [0.4, 0.5) is 16.2 Å². The molecule has 2 aliphatic rings. The van der Waals surface area contributed by atoms with Crippen molar-refractivity contribution in [2.45, 2.75) is 19.0 Å². The molecular weight excluding hydrogens is 430 g/mol. The van der Waals surface area contributed by atoms with Crippen LogP contribution in [0.5, 0.6) is 0 Å². The number of amides is 5. The number of fused-ring (bicyclic) bond motifs is 1. The van der Waals surface area contributed by atoms with Gasteiger partial charge in [0.2, 0.25) is 17.7 Å². The van der Waals surface area contributed by atoms with Gasteiger partial charge in [-0.1, -0.05) is 36.4 Å². The average molecular weight is 451 g/mol. The molecule has 2 aliphatic heterocycles. The minimum absolute atomic E-state index is 0.0215. The number of likely N-dealkylation sites (tertiary alicyclic amines) is 1. The second-order valence-electron chi connectivity index (χ2n) is 7.79. The number of benzene rings is 2. The molecule has 2 fully saturated rings. The number of rotatable bonds is 5. The van der Waals surface area contributed by atoms with Crippen LogP contribution in [0, 0.1) is 22.0 Å². The number of imide groups is 1. The van der Waals surface area contributed by atoms with E-state index < -0.39 is 52.6 Å². The highest BCUT2D eigenvalue weighted by atomic mass is 16.6. The van der Waals surface area contributed by atoms with Crippen molar-refractivity contribution in [3.8, 4) is 0 Å². The van der Waals surface area contributed by atoms with Gasteiger partial charge < -0.3 is 16.0 Å². The van der Waals surface area contributed by atoms with Gasteiger partial charge in [0.05, 0.1) is 28.5 Å². The fraction of sp³-hybridized carbons (Fsp3) is 0.273. The topological polar surface area (TPSA) is 156 Å². The molecule has 2 aromatic rings. The van der Waals surface area contributed by atoms with Crippen LogP contribution in [-0.2, 0) is 14.4 Å². The molecule has 0 bridgehead atoms. The molecule has 3 N–H and O–H groups in total. The third kappa shape index (κ3) is 3.47. The second kappa shape index (κ2) is 8.34. The number of anilines is 1. The predicted molar refractivity (Wildman–Crippen MR) is 116 cm³/mol. The van der Waals surface area contributed by atoms with E-state index in [1.54, 1.807) is 37.3 Å². The van der Waals surface area contributed by atoms with Crippen molar-refractivity contribution in [3.05, 3.63) is 70.3 Å².